The molecule has 108 valence electrons. The van der Waals surface area contributed by atoms with Crippen LogP contribution in [0.25, 0.3) is 10.9 Å². The number of ether oxygens (including phenoxy) is 1. The average Bonchev–Trinajstić information content (AvgIpc) is 2.76. The standard InChI is InChI=1S/C14H20N2O3Si/c1-20(2,3)9-8-19-11-15-7-6-12-4-5-13(16(17)18)10-14(12)15/h4-7,10H,8-9,11H2,1-3H3. The maximum absolute atomic E-state index is 10.8. The molecule has 0 unspecified atom stereocenters. The second-order valence-corrected chi connectivity index (χ2v) is 11.8. The molecule has 0 N–H and O–H groups in total. The molecule has 0 spiro atoms. The van der Waals surface area contributed by atoms with Crippen LogP contribution in [0.5, 0.6) is 0 Å². The lowest BCUT2D eigenvalue weighted by Gasteiger charge is -2.15. The zero-order chi connectivity index (χ0) is 14.8. The second kappa shape index (κ2) is 5.76. The normalized spacial score (nSPS) is 11.9. The number of non-ortho nitro benzene ring substituents is 1. The van der Waals surface area contributed by atoms with Gasteiger partial charge in [-0.15, -0.1) is 0 Å². The van der Waals surface area contributed by atoms with Crippen LogP contribution in [0.3, 0.4) is 0 Å². The molecule has 20 heavy (non-hydrogen) atoms. The van der Waals surface area contributed by atoms with Crippen molar-refractivity contribution in [3.05, 3.63) is 40.6 Å². The van der Waals surface area contributed by atoms with Crippen molar-refractivity contribution in [3.8, 4) is 0 Å². The third-order valence-corrected chi connectivity index (χ3v) is 4.90. The highest BCUT2D eigenvalue weighted by Gasteiger charge is 2.12. The van der Waals surface area contributed by atoms with E-state index in [4.69, 9.17) is 4.74 Å². The van der Waals surface area contributed by atoms with E-state index in [1.165, 1.54) is 6.07 Å². The van der Waals surface area contributed by atoms with E-state index in [1.807, 2.05) is 16.8 Å². The predicted octanol–water partition coefficient (Wildman–Crippen LogP) is 3.86. The van der Waals surface area contributed by atoms with E-state index in [0.29, 0.717) is 6.73 Å². The molecule has 6 heteroatoms. The highest BCUT2D eigenvalue weighted by atomic mass is 28.3. The summed E-state index contributed by atoms with van der Waals surface area (Å²) in [5, 5.41) is 11.8. The van der Waals surface area contributed by atoms with Crippen molar-refractivity contribution in [3.63, 3.8) is 0 Å². The number of hydrogen-bond acceptors (Lipinski definition) is 3. The molecule has 0 fully saturated rings. The van der Waals surface area contributed by atoms with Gasteiger partial charge in [-0.1, -0.05) is 19.6 Å². The first-order valence-electron chi connectivity index (χ1n) is 6.68. The van der Waals surface area contributed by atoms with Gasteiger partial charge in [0.2, 0.25) is 0 Å². The molecule has 0 aliphatic carbocycles. The van der Waals surface area contributed by atoms with Crippen LogP contribution in [-0.2, 0) is 11.5 Å². The van der Waals surface area contributed by atoms with Crippen molar-refractivity contribution in [1.82, 2.24) is 4.57 Å². The van der Waals surface area contributed by atoms with Crippen molar-refractivity contribution in [1.29, 1.82) is 0 Å². The maximum Gasteiger partial charge on any atom is 0.271 e. The highest BCUT2D eigenvalue weighted by Crippen LogP contribution is 2.22. The smallest absolute Gasteiger partial charge is 0.271 e. The van der Waals surface area contributed by atoms with Crippen molar-refractivity contribution in [2.24, 2.45) is 0 Å². The zero-order valence-corrected chi connectivity index (χ0v) is 13.1. The van der Waals surface area contributed by atoms with Gasteiger partial charge in [-0.05, 0) is 18.2 Å². The summed E-state index contributed by atoms with van der Waals surface area (Å²) in [6.07, 6.45) is 1.91. The van der Waals surface area contributed by atoms with E-state index in [-0.39, 0.29) is 10.6 Å². The van der Waals surface area contributed by atoms with Crippen molar-refractivity contribution in [2.45, 2.75) is 32.4 Å². The Morgan fingerprint density at radius 2 is 2.05 bits per heavy atom. The van der Waals surface area contributed by atoms with Gasteiger partial charge < -0.3 is 9.30 Å². The lowest BCUT2D eigenvalue weighted by Crippen LogP contribution is -2.21. The predicted molar refractivity (Wildman–Crippen MR) is 82.7 cm³/mol. The third-order valence-electron chi connectivity index (χ3n) is 3.20. The summed E-state index contributed by atoms with van der Waals surface area (Å²) < 4.78 is 7.60. The molecular weight excluding hydrogens is 272 g/mol. The first-order chi connectivity index (χ1) is 9.37. The molecular formula is C14H20N2O3Si. The topological polar surface area (TPSA) is 57.3 Å². The molecule has 0 bridgehead atoms. The Labute approximate surface area is 119 Å². The monoisotopic (exact) mass is 292 g/mol. The molecule has 0 aliphatic rings. The molecule has 0 radical (unpaired) electrons. The number of hydrogen-bond donors (Lipinski definition) is 0. The van der Waals surface area contributed by atoms with Gasteiger partial charge in [-0.25, -0.2) is 0 Å². The van der Waals surface area contributed by atoms with E-state index in [9.17, 15) is 10.1 Å². The van der Waals surface area contributed by atoms with Crippen LogP contribution < -0.4 is 0 Å². The molecule has 1 heterocycles. The number of nitrogens with zero attached hydrogens (tertiary/aromatic N) is 2. The van der Waals surface area contributed by atoms with Crippen LogP contribution in [-0.4, -0.2) is 24.2 Å². The Hall–Kier alpha value is -1.66. The second-order valence-electron chi connectivity index (χ2n) is 6.13. The van der Waals surface area contributed by atoms with Gasteiger partial charge in [-0.3, -0.25) is 10.1 Å². The summed E-state index contributed by atoms with van der Waals surface area (Å²) in [6, 6.07) is 7.95. The summed E-state index contributed by atoms with van der Waals surface area (Å²) in [7, 11) is -1.08. The molecule has 0 amide bonds. The number of rotatable bonds is 6. The van der Waals surface area contributed by atoms with Gasteiger partial charge in [0, 0.05) is 38.4 Å². The van der Waals surface area contributed by atoms with Crippen LogP contribution in [0.2, 0.25) is 25.7 Å². The molecule has 0 saturated carbocycles. The first kappa shape index (κ1) is 14.7. The molecule has 0 atom stereocenters. The fraction of sp³-hybridized carbons (Fsp3) is 0.429. The summed E-state index contributed by atoms with van der Waals surface area (Å²) in [4.78, 5) is 10.4. The Kier molecular flexibility index (Phi) is 4.25. The number of nitro groups is 1. The maximum atomic E-state index is 10.8. The Balaban J connectivity index is 2.06. The molecule has 5 nitrogen and oxygen atoms in total. The fourth-order valence-electron chi connectivity index (χ4n) is 1.94. The van der Waals surface area contributed by atoms with Crippen molar-refractivity contribution < 1.29 is 9.66 Å². The summed E-state index contributed by atoms with van der Waals surface area (Å²) in [6.45, 7) is 8.11. The summed E-state index contributed by atoms with van der Waals surface area (Å²) in [5.74, 6) is 0. The van der Waals surface area contributed by atoms with E-state index >= 15 is 0 Å². The number of aromatic nitrogens is 1. The lowest BCUT2D eigenvalue weighted by molar-refractivity contribution is -0.384. The minimum Gasteiger partial charge on any atom is -0.361 e. The van der Waals surface area contributed by atoms with Crippen molar-refractivity contribution >= 4 is 24.7 Å². The van der Waals surface area contributed by atoms with Crippen LogP contribution in [0.4, 0.5) is 5.69 Å². The van der Waals surface area contributed by atoms with E-state index in [1.54, 1.807) is 12.1 Å². The number of nitro benzene ring substituents is 1. The Bertz CT molecular complexity index is 616. The lowest BCUT2D eigenvalue weighted by atomic mass is 10.2. The largest absolute Gasteiger partial charge is 0.361 e. The average molecular weight is 292 g/mol. The van der Waals surface area contributed by atoms with Gasteiger partial charge in [0.1, 0.15) is 6.73 Å². The SMILES string of the molecule is C[Si](C)(C)CCOCn1ccc2ccc([N+](=O)[O-])cc21. The van der Waals surface area contributed by atoms with Gasteiger partial charge in [0.25, 0.3) is 5.69 Å². The van der Waals surface area contributed by atoms with E-state index < -0.39 is 8.07 Å². The molecule has 1 aromatic carbocycles. The summed E-state index contributed by atoms with van der Waals surface area (Å²) >= 11 is 0. The zero-order valence-electron chi connectivity index (χ0n) is 12.1. The van der Waals surface area contributed by atoms with E-state index in [0.717, 1.165) is 23.6 Å². The van der Waals surface area contributed by atoms with Crippen molar-refractivity contribution in [2.75, 3.05) is 6.61 Å². The van der Waals surface area contributed by atoms with Crippen LogP contribution in [0.15, 0.2) is 30.5 Å². The molecule has 0 saturated heterocycles. The van der Waals surface area contributed by atoms with Crippen LogP contribution in [0, 0.1) is 10.1 Å². The number of fused-ring (bicyclic) bond motifs is 1. The van der Waals surface area contributed by atoms with Gasteiger partial charge in [-0.2, -0.15) is 0 Å². The van der Waals surface area contributed by atoms with E-state index in [2.05, 4.69) is 19.6 Å². The molecule has 1 aromatic heterocycles. The first-order valence-corrected chi connectivity index (χ1v) is 10.4. The Morgan fingerprint density at radius 3 is 2.70 bits per heavy atom. The fourth-order valence-corrected chi connectivity index (χ4v) is 2.70. The quantitative estimate of drug-likeness (QED) is 0.351. The third kappa shape index (κ3) is 3.67. The minimum atomic E-state index is -1.08. The van der Waals surface area contributed by atoms with Gasteiger partial charge >= 0.3 is 0 Å². The van der Waals surface area contributed by atoms with Gasteiger partial charge in [0.05, 0.1) is 10.4 Å². The number of benzene rings is 1. The van der Waals surface area contributed by atoms with Crippen LogP contribution >= 0.6 is 0 Å². The van der Waals surface area contributed by atoms with Crippen LogP contribution in [0.1, 0.15) is 0 Å². The molecule has 2 aromatic rings. The Morgan fingerprint density at radius 1 is 1.30 bits per heavy atom. The summed E-state index contributed by atoms with van der Waals surface area (Å²) in [5.41, 5.74) is 0.951. The molecule has 2 rings (SSSR count). The highest BCUT2D eigenvalue weighted by molar-refractivity contribution is 6.76. The minimum absolute atomic E-state index is 0.111. The van der Waals surface area contributed by atoms with Gasteiger partial charge in [0.15, 0.2) is 0 Å². The molecule has 0 aliphatic heterocycles.